The van der Waals surface area contributed by atoms with E-state index in [0.29, 0.717) is 11.4 Å². The molecule has 140 valence electrons. The van der Waals surface area contributed by atoms with Gasteiger partial charge in [-0.3, -0.25) is 10.1 Å². The fourth-order valence-electron chi connectivity index (χ4n) is 2.45. The normalized spacial score (nSPS) is 11.8. The lowest BCUT2D eigenvalue weighted by Gasteiger charge is -2.18. The quantitative estimate of drug-likeness (QED) is 0.312. The Labute approximate surface area is 151 Å². The summed E-state index contributed by atoms with van der Waals surface area (Å²) in [4.78, 5) is 26.0. The summed E-state index contributed by atoms with van der Waals surface area (Å²) in [5.74, 6) is -0.114. The number of halogens is 1. The maximum atomic E-state index is 13.7. The molecule has 0 radical (unpaired) electrons. The van der Waals surface area contributed by atoms with Crippen molar-refractivity contribution in [1.29, 1.82) is 0 Å². The molecule has 2 heterocycles. The Morgan fingerprint density at radius 2 is 2.19 bits per heavy atom. The van der Waals surface area contributed by atoms with Crippen LogP contribution in [0.3, 0.4) is 0 Å². The third-order valence-corrected chi connectivity index (χ3v) is 3.71. The van der Waals surface area contributed by atoms with E-state index in [2.05, 4.69) is 20.1 Å². The maximum absolute atomic E-state index is 13.7. The van der Waals surface area contributed by atoms with Crippen molar-refractivity contribution < 1.29 is 23.6 Å². The Bertz CT molecular complexity index is 1020. The highest BCUT2D eigenvalue weighted by molar-refractivity contribution is 5.65. The number of carbonyl (C=O) groups excluding carboxylic acids is 1. The van der Waals surface area contributed by atoms with E-state index in [0.717, 1.165) is 19.4 Å². The molecule has 3 aromatic rings. The molecule has 0 bridgehead atoms. The van der Waals surface area contributed by atoms with E-state index in [9.17, 15) is 19.3 Å². The average molecular weight is 375 g/mol. The van der Waals surface area contributed by atoms with E-state index < -0.39 is 22.9 Å². The number of hydrogen-bond donors (Lipinski definition) is 1. The van der Waals surface area contributed by atoms with Crippen LogP contribution < -0.4 is 10.1 Å². The van der Waals surface area contributed by atoms with Crippen molar-refractivity contribution in [1.82, 2.24) is 14.6 Å². The van der Waals surface area contributed by atoms with Crippen LogP contribution in [0.5, 0.6) is 5.75 Å². The van der Waals surface area contributed by atoms with Gasteiger partial charge in [-0.1, -0.05) is 0 Å². The molecule has 0 saturated carbocycles. The molecule has 2 aromatic heterocycles. The standard InChI is InChI=1S/C16H14FN5O5/c1-9(11-7-10(17)3-4-13(11)27-16(23)26-2)19-14-5-6-21-15(20-14)12(8-18-21)22(24)25/h3-9H,1-2H3,(H,19,20)/t9-/m1/s1. The first-order valence-electron chi connectivity index (χ1n) is 7.69. The van der Waals surface area contributed by atoms with Gasteiger partial charge in [0.1, 0.15) is 23.6 Å². The Morgan fingerprint density at radius 3 is 2.89 bits per heavy atom. The van der Waals surface area contributed by atoms with Crippen LogP contribution in [-0.4, -0.2) is 32.8 Å². The second kappa shape index (κ2) is 7.23. The zero-order valence-corrected chi connectivity index (χ0v) is 14.2. The highest BCUT2D eigenvalue weighted by Crippen LogP contribution is 2.29. The van der Waals surface area contributed by atoms with Crippen molar-refractivity contribution in [3.63, 3.8) is 0 Å². The van der Waals surface area contributed by atoms with Crippen LogP contribution in [0, 0.1) is 15.9 Å². The molecule has 10 nitrogen and oxygen atoms in total. The number of hydrogen-bond acceptors (Lipinski definition) is 8. The number of nitrogens with zero attached hydrogens (tertiary/aromatic N) is 4. The highest BCUT2D eigenvalue weighted by Gasteiger charge is 2.19. The molecule has 0 aliphatic heterocycles. The Morgan fingerprint density at radius 1 is 1.41 bits per heavy atom. The number of aromatic nitrogens is 3. The fraction of sp³-hybridized carbons (Fsp3) is 0.188. The van der Waals surface area contributed by atoms with Crippen molar-refractivity contribution in [2.45, 2.75) is 13.0 Å². The van der Waals surface area contributed by atoms with Gasteiger partial charge in [0.05, 0.1) is 18.1 Å². The first kappa shape index (κ1) is 18.0. The molecule has 0 spiro atoms. The summed E-state index contributed by atoms with van der Waals surface area (Å²) in [5, 5.41) is 17.9. The van der Waals surface area contributed by atoms with Gasteiger partial charge in [0.25, 0.3) is 0 Å². The molecule has 27 heavy (non-hydrogen) atoms. The van der Waals surface area contributed by atoms with Gasteiger partial charge in [-0.15, -0.1) is 0 Å². The number of anilines is 1. The minimum absolute atomic E-state index is 0.0578. The SMILES string of the molecule is COC(=O)Oc1ccc(F)cc1[C@@H](C)Nc1ccn2ncc([N+](=O)[O-])c2n1. The van der Waals surface area contributed by atoms with Crippen LogP contribution in [0.25, 0.3) is 5.65 Å². The lowest BCUT2D eigenvalue weighted by molar-refractivity contribution is -0.383. The average Bonchev–Trinajstić information content (AvgIpc) is 3.06. The van der Waals surface area contributed by atoms with Gasteiger partial charge in [-0.25, -0.2) is 18.7 Å². The topological polar surface area (TPSA) is 121 Å². The van der Waals surface area contributed by atoms with Crippen molar-refractivity contribution in [2.24, 2.45) is 0 Å². The van der Waals surface area contributed by atoms with E-state index in [-0.39, 0.29) is 17.1 Å². The maximum Gasteiger partial charge on any atom is 0.513 e. The predicted octanol–water partition coefficient (Wildman–Crippen LogP) is 3.09. The van der Waals surface area contributed by atoms with E-state index in [4.69, 9.17) is 4.74 Å². The van der Waals surface area contributed by atoms with Crippen LogP contribution in [0.4, 0.5) is 20.7 Å². The van der Waals surface area contributed by atoms with E-state index in [1.54, 1.807) is 13.0 Å². The lowest BCUT2D eigenvalue weighted by Crippen LogP contribution is -2.14. The Balaban J connectivity index is 1.91. The van der Waals surface area contributed by atoms with Gasteiger partial charge >= 0.3 is 11.8 Å². The van der Waals surface area contributed by atoms with Gasteiger partial charge in [0.2, 0.25) is 5.65 Å². The van der Waals surface area contributed by atoms with Crippen LogP contribution in [0.2, 0.25) is 0 Å². The molecular formula is C16H14FN5O5. The van der Waals surface area contributed by atoms with Crippen molar-refractivity contribution in [2.75, 3.05) is 12.4 Å². The molecular weight excluding hydrogens is 361 g/mol. The number of benzene rings is 1. The number of methoxy groups -OCH3 is 1. The summed E-state index contributed by atoms with van der Waals surface area (Å²) in [6.45, 7) is 1.69. The predicted molar refractivity (Wildman–Crippen MR) is 91.1 cm³/mol. The molecule has 1 atom stereocenters. The second-order valence-electron chi connectivity index (χ2n) is 5.47. The van der Waals surface area contributed by atoms with Gasteiger partial charge in [0.15, 0.2) is 0 Å². The molecule has 11 heteroatoms. The molecule has 0 amide bonds. The molecule has 0 unspecified atom stereocenters. The minimum Gasteiger partial charge on any atom is -0.437 e. The van der Waals surface area contributed by atoms with Crippen molar-refractivity contribution in [3.05, 3.63) is 58.2 Å². The minimum atomic E-state index is -0.940. The number of fused-ring (bicyclic) bond motifs is 1. The van der Waals surface area contributed by atoms with Crippen molar-refractivity contribution in [3.8, 4) is 5.75 Å². The smallest absolute Gasteiger partial charge is 0.437 e. The number of ether oxygens (including phenoxy) is 2. The second-order valence-corrected chi connectivity index (χ2v) is 5.47. The Hall–Kier alpha value is -3.76. The monoisotopic (exact) mass is 375 g/mol. The largest absolute Gasteiger partial charge is 0.513 e. The third kappa shape index (κ3) is 3.76. The lowest BCUT2D eigenvalue weighted by atomic mass is 10.1. The molecule has 0 aliphatic carbocycles. The summed E-state index contributed by atoms with van der Waals surface area (Å²) in [5.41, 5.74) is 0.152. The van der Waals surface area contributed by atoms with Crippen molar-refractivity contribution >= 4 is 23.3 Å². The summed E-state index contributed by atoms with van der Waals surface area (Å²) in [6, 6.07) is 4.67. The molecule has 3 rings (SSSR count). The number of carbonyl (C=O) groups is 1. The van der Waals surface area contributed by atoms with Crippen LogP contribution in [0.1, 0.15) is 18.5 Å². The Kier molecular flexibility index (Phi) is 4.83. The highest BCUT2D eigenvalue weighted by atomic mass is 19.1. The van der Waals surface area contributed by atoms with E-state index in [1.165, 1.54) is 22.8 Å². The first-order valence-corrected chi connectivity index (χ1v) is 7.69. The zero-order chi connectivity index (χ0) is 19.6. The first-order chi connectivity index (χ1) is 12.9. The third-order valence-electron chi connectivity index (χ3n) is 3.71. The van der Waals surface area contributed by atoms with E-state index >= 15 is 0 Å². The summed E-state index contributed by atoms with van der Waals surface area (Å²) in [6.07, 6.45) is 1.66. The summed E-state index contributed by atoms with van der Waals surface area (Å²) < 4.78 is 24.4. The fourth-order valence-corrected chi connectivity index (χ4v) is 2.45. The molecule has 1 N–H and O–H groups in total. The van der Waals surface area contributed by atoms with Crippen LogP contribution in [-0.2, 0) is 4.74 Å². The van der Waals surface area contributed by atoms with Crippen LogP contribution >= 0.6 is 0 Å². The summed E-state index contributed by atoms with van der Waals surface area (Å²) >= 11 is 0. The molecule has 1 aromatic carbocycles. The van der Waals surface area contributed by atoms with E-state index in [1.807, 2.05) is 0 Å². The van der Waals surface area contributed by atoms with Gasteiger partial charge in [0, 0.05) is 11.8 Å². The van der Waals surface area contributed by atoms with Gasteiger partial charge in [-0.2, -0.15) is 5.10 Å². The van der Waals surface area contributed by atoms with Crippen LogP contribution in [0.15, 0.2) is 36.7 Å². The number of nitrogens with one attached hydrogen (secondary N) is 1. The zero-order valence-electron chi connectivity index (χ0n) is 14.2. The number of nitro groups is 1. The molecule has 0 aliphatic rings. The molecule has 0 saturated heterocycles. The molecule has 0 fully saturated rings. The van der Waals surface area contributed by atoms with Gasteiger partial charge in [-0.05, 0) is 31.2 Å². The summed E-state index contributed by atoms with van der Waals surface area (Å²) in [7, 11) is 1.16. The number of rotatable bonds is 5. The van der Waals surface area contributed by atoms with Gasteiger partial charge < -0.3 is 14.8 Å².